The summed E-state index contributed by atoms with van der Waals surface area (Å²) in [4.78, 5) is 44.6. The first-order valence-corrected chi connectivity index (χ1v) is 12.1. The molecular weight excluding hydrogens is 422 g/mol. The van der Waals surface area contributed by atoms with Crippen LogP contribution in [-0.2, 0) is 23.9 Å². The minimum atomic E-state index is -1.20. The number of likely N-dealkylation sites (tertiary alicyclic amines) is 1. The van der Waals surface area contributed by atoms with Crippen molar-refractivity contribution in [1.82, 2.24) is 14.7 Å². The number of hydrogen-bond acceptors (Lipinski definition) is 7. The van der Waals surface area contributed by atoms with Gasteiger partial charge < -0.3 is 19.3 Å². The third kappa shape index (κ3) is 6.76. The van der Waals surface area contributed by atoms with Gasteiger partial charge in [0.25, 0.3) is 0 Å². The molecular formula is C25H45N3O5. The smallest absolute Gasteiger partial charge is 0.319 e. The molecule has 2 saturated heterocycles. The number of rotatable bonds is 3. The van der Waals surface area contributed by atoms with Crippen LogP contribution in [0, 0.1) is 11.3 Å². The molecule has 0 N–H and O–H groups in total. The van der Waals surface area contributed by atoms with E-state index in [4.69, 9.17) is 9.47 Å². The fourth-order valence-corrected chi connectivity index (χ4v) is 5.11. The molecule has 33 heavy (non-hydrogen) atoms. The van der Waals surface area contributed by atoms with Crippen molar-refractivity contribution < 1.29 is 23.9 Å². The molecule has 1 unspecified atom stereocenters. The second-order valence-electron chi connectivity index (χ2n) is 11.3. The third-order valence-electron chi connectivity index (χ3n) is 7.73. The molecule has 0 saturated carbocycles. The maximum atomic E-state index is 13.0. The number of ether oxygens (including phenoxy) is 2. The summed E-state index contributed by atoms with van der Waals surface area (Å²) in [6.07, 6.45) is 3.11. The van der Waals surface area contributed by atoms with Crippen LogP contribution in [0.15, 0.2) is 0 Å². The zero-order valence-electron chi connectivity index (χ0n) is 22.0. The molecule has 8 nitrogen and oxygen atoms in total. The number of Topliss-reactive ketones (excluding diaryl/α,β-unsaturated/α-hetero) is 1. The summed E-state index contributed by atoms with van der Waals surface area (Å²) in [5, 5.41) is 0. The van der Waals surface area contributed by atoms with Gasteiger partial charge in [0.1, 0.15) is 17.8 Å². The average molecular weight is 468 g/mol. The molecule has 2 fully saturated rings. The van der Waals surface area contributed by atoms with Crippen LogP contribution in [0.3, 0.4) is 0 Å². The molecule has 2 aliphatic heterocycles. The Kier molecular flexibility index (Phi) is 9.10. The summed E-state index contributed by atoms with van der Waals surface area (Å²) < 4.78 is 11.7. The van der Waals surface area contributed by atoms with Crippen molar-refractivity contribution in [2.75, 3.05) is 61.0 Å². The van der Waals surface area contributed by atoms with Crippen LogP contribution in [0.2, 0.25) is 0 Å². The van der Waals surface area contributed by atoms with Crippen LogP contribution in [-0.4, -0.2) is 105 Å². The fraction of sp³-hybridized carbons (Fsp3) is 0.880. The molecule has 1 spiro atoms. The van der Waals surface area contributed by atoms with E-state index >= 15 is 0 Å². The first-order chi connectivity index (χ1) is 15.2. The van der Waals surface area contributed by atoms with Crippen molar-refractivity contribution in [3.05, 3.63) is 0 Å². The van der Waals surface area contributed by atoms with E-state index < -0.39 is 17.0 Å². The molecule has 2 aliphatic rings. The molecule has 1 amide bonds. The highest BCUT2D eigenvalue weighted by molar-refractivity contribution is 6.02. The van der Waals surface area contributed by atoms with Crippen LogP contribution in [0.25, 0.3) is 0 Å². The molecule has 0 aliphatic carbocycles. The number of piperidine rings is 1. The SMILES string of the molecule is CO[C@@]1(C)CCC(=O)C(C)(C)C(=O)OCC2(CCN(C(=O)CN(C)C)CC2)N(C)CC(C)C1. The third-order valence-corrected chi connectivity index (χ3v) is 7.73. The topological polar surface area (TPSA) is 79.4 Å². The maximum Gasteiger partial charge on any atom is 0.319 e. The van der Waals surface area contributed by atoms with Gasteiger partial charge in [-0.25, -0.2) is 0 Å². The Labute approximate surface area is 199 Å². The van der Waals surface area contributed by atoms with Gasteiger partial charge >= 0.3 is 5.97 Å². The van der Waals surface area contributed by atoms with Gasteiger partial charge in [0.15, 0.2) is 0 Å². The Morgan fingerprint density at radius 1 is 1.15 bits per heavy atom. The van der Waals surface area contributed by atoms with Crippen molar-refractivity contribution in [1.29, 1.82) is 0 Å². The number of hydrogen-bond donors (Lipinski definition) is 0. The summed E-state index contributed by atoms with van der Waals surface area (Å²) in [6.45, 7) is 10.2. The van der Waals surface area contributed by atoms with Gasteiger partial charge in [0.2, 0.25) is 5.91 Å². The van der Waals surface area contributed by atoms with Gasteiger partial charge in [-0.3, -0.25) is 19.3 Å². The predicted molar refractivity (Wildman–Crippen MR) is 128 cm³/mol. The van der Waals surface area contributed by atoms with Crippen LogP contribution in [0.4, 0.5) is 0 Å². The minimum absolute atomic E-state index is 0.116. The monoisotopic (exact) mass is 467 g/mol. The van der Waals surface area contributed by atoms with E-state index in [1.807, 2.05) is 30.8 Å². The Morgan fingerprint density at radius 2 is 1.76 bits per heavy atom. The molecule has 0 radical (unpaired) electrons. The lowest BCUT2D eigenvalue weighted by molar-refractivity contribution is -0.164. The van der Waals surface area contributed by atoms with Crippen LogP contribution in [0.5, 0.6) is 0 Å². The minimum Gasteiger partial charge on any atom is -0.463 e. The summed E-state index contributed by atoms with van der Waals surface area (Å²) in [6, 6.07) is 0. The Balaban J connectivity index is 2.28. The molecule has 2 heterocycles. The number of ketones is 1. The maximum absolute atomic E-state index is 13.0. The van der Waals surface area contributed by atoms with E-state index in [1.165, 1.54) is 0 Å². The lowest BCUT2D eigenvalue weighted by atomic mass is 9.81. The van der Waals surface area contributed by atoms with E-state index in [1.54, 1.807) is 21.0 Å². The average Bonchev–Trinajstić information content (AvgIpc) is 2.74. The first kappa shape index (κ1) is 27.7. The second kappa shape index (κ2) is 10.8. The van der Waals surface area contributed by atoms with Crippen molar-refractivity contribution in [3.8, 4) is 0 Å². The summed E-state index contributed by atoms with van der Waals surface area (Å²) >= 11 is 0. The second-order valence-corrected chi connectivity index (χ2v) is 11.3. The number of carbonyl (C=O) groups excluding carboxylic acids is 3. The van der Waals surface area contributed by atoms with Gasteiger partial charge in [-0.05, 0) is 73.5 Å². The van der Waals surface area contributed by atoms with Gasteiger partial charge in [0.05, 0.1) is 17.7 Å². The molecule has 0 aromatic heterocycles. The predicted octanol–water partition coefficient (Wildman–Crippen LogP) is 2.20. The number of carbonyl (C=O) groups is 3. The normalized spacial score (nSPS) is 29.8. The zero-order chi connectivity index (χ0) is 25.0. The zero-order valence-corrected chi connectivity index (χ0v) is 22.0. The van der Waals surface area contributed by atoms with E-state index in [0.717, 1.165) is 25.8 Å². The van der Waals surface area contributed by atoms with Crippen molar-refractivity contribution >= 4 is 17.7 Å². The molecule has 190 valence electrons. The van der Waals surface area contributed by atoms with Crippen molar-refractivity contribution in [2.24, 2.45) is 11.3 Å². The highest BCUT2D eigenvalue weighted by atomic mass is 16.5. The van der Waals surface area contributed by atoms with Crippen molar-refractivity contribution in [2.45, 2.75) is 70.9 Å². The summed E-state index contributed by atoms with van der Waals surface area (Å²) in [5.41, 5.74) is -2.00. The first-order valence-electron chi connectivity index (χ1n) is 12.1. The quantitative estimate of drug-likeness (QED) is 0.465. The molecule has 0 aromatic rings. The molecule has 0 aromatic carbocycles. The van der Waals surface area contributed by atoms with E-state index in [0.29, 0.717) is 32.0 Å². The number of amides is 1. The highest BCUT2D eigenvalue weighted by Crippen LogP contribution is 2.34. The van der Waals surface area contributed by atoms with E-state index in [-0.39, 0.29) is 30.3 Å². The molecule has 0 bridgehead atoms. The summed E-state index contributed by atoms with van der Waals surface area (Å²) in [5.74, 6) is -0.146. The Morgan fingerprint density at radius 3 is 2.30 bits per heavy atom. The van der Waals surface area contributed by atoms with Gasteiger partial charge in [0, 0.05) is 33.2 Å². The Bertz CT molecular complexity index is 715. The lowest BCUT2D eigenvalue weighted by Crippen LogP contribution is -2.59. The number of nitrogens with zero attached hydrogens (tertiary/aromatic N) is 3. The summed E-state index contributed by atoms with van der Waals surface area (Å²) in [7, 11) is 7.57. The molecule has 8 heteroatoms. The highest BCUT2D eigenvalue weighted by Gasteiger charge is 2.45. The number of esters is 1. The largest absolute Gasteiger partial charge is 0.463 e. The molecule has 2 atom stereocenters. The fourth-order valence-electron chi connectivity index (χ4n) is 5.11. The van der Waals surface area contributed by atoms with Gasteiger partial charge in [-0.1, -0.05) is 6.92 Å². The van der Waals surface area contributed by atoms with Gasteiger partial charge in [-0.2, -0.15) is 0 Å². The van der Waals surface area contributed by atoms with Crippen LogP contribution >= 0.6 is 0 Å². The lowest BCUT2D eigenvalue weighted by Gasteiger charge is -2.48. The number of methoxy groups -OCH3 is 1. The van der Waals surface area contributed by atoms with Crippen LogP contribution in [0.1, 0.15) is 59.8 Å². The van der Waals surface area contributed by atoms with E-state index in [2.05, 4.69) is 18.9 Å². The number of cyclic esters (lactones) is 1. The van der Waals surface area contributed by atoms with Gasteiger partial charge in [-0.15, -0.1) is 0 Å². The molecule has 2 rings (SSSR count). The number of likely N-dealkylation sites (N-methyl/N-ethyl adjacent to an activating group) is 2. The van der Waals surface area contributed by atoms with Crippen molar-refractivity contribution in [3.63, 3.8) is 0 Å². The Hall–Kier alpha value is -1.51. The standard InChI is InChI=1S/C25H45N3O5/c1-19-15-24(4,32-8)10-9-20(29)23(2,3)22(31)33-18-25(27(7)16-19)11-13-28(14-12-25)21(30)17-26(5)6/h19H,9-18H2,1-8H3/t19?,24-/m0/s1. The van der Waals surface area contributed by atoms with Crippen LogP contribution < -0.4 is 0 Å². The van der Waals surface area contributed by atoms with E-state index in [9.17, 15) is 14.4 Å².